The molecule has 1 fully saturated rings. The maximum absolute atomic E-state index is 12.9. The van der Waals surface area contributed by atoms with E-state index in [1.807, 2.05) is 72.8 Å². The molecule has 0 aliphatic carbocycles. The number of ether oxygens (including phenoxy) is 3. The number of nitrogens with one attached hydrogen (secondary N) is 1. The Morgan fingerprint density at radius 3 is 2.00 bits per heavy atom. The van der Waals surface area contributed by atoms with Gasteiger partial charge in [-0.25, -0.2) is 15.0 Å². The van der Waals surface area contributed by atoms with E-state index in [1.165, 1.54) is 17.2 Å². The molecule has 0 saturated carbocycles. The summed E-state index contributed by atoms with van der Waals surface area (Å²) in [5.74, 6) is 0.727. The highest BCUT2D eigenvalue weighted by Gasteiger charge is 2.56. The number of nitrogens with zero attached hydrogens (tertiary/aromatic N) is 4. The number of carbonyl (C=O) groups is 1. The lowest BCUT2D eigenvalue weighted by molar-refractivity contribution is -0.0976. The SMILES string of the molecule is COc1ccccc1C(c1ccccc1)(c1ccccc1OC)C(O)[C@H]1O[C@@H](n2cnc3c(NC(=O)c4ccccc4)ncnc32)[C@H](O)[C@@H]1O. The predicted octanol–water partition coefficient (Wildman–Crippen LogP) is 4.11. The number of benzene rings is 4. The Hall–Kier alpha value is -5.66. The van der Waals surface area contributed by atoms with Crippen LogP contribution in [0.3, 0.4) is 0 Å². The molecule has 7 rings (SSSR count). The Morgan fingerprint density at radius 2 is 1.38 bits per heavy atom. The molecule has 0 radical (unpaired) electrons. The Morgan fingerprint density at radius 1 is 0.800 bits per heavy atom. The number of anilines is 1. The number of imidazole rings is 1. The van der Waals surface area contributed by atoms with Crippen molar-refractivity contribution in [2.45, 2.75) is 36.1 Å². The summed E-state index contributed by atoms with van der Waals surface area (Å²) in [6, 6.07) is 32.6. The summed E-state index contributed by atoms with van der Waals surface area (Å²) in [4.78, 5) is 25.9. The van der Waals surface area contributed by atoms with Gasteiger partial charge in [-0.2, -0.15) is 0 Å². The van der Waals surface area contributed by atoms with Crippen LogP contribution in [0.5, 0.6) is 11.5 Å². The molecule has 1 saturated heterocycles. The molecule has 4 aromatic carbocycles. The maximum Gasteiger partial charge on any atom is 0.256 e. The first-order chi connectivity index (χ1) is 24.4. The van der Waals surface area contributed by atoms with Gasteiger partial charge in [-0.15, -0.1) is 0 Å². The van der Waals surface area contributed by atoms with Gasteiger partial charge in [0.2, 0.25) is 0 Å². The van der Waals surface area contributed by atoms with Gasteiger partial charge in [0.1, 0.15) is 42.2 Å². The Bertz CT molecular complexity index is 2060. The second kappa shape index (κ2) is 13.7. The number of para-hydroxylation sites is 2. The van der Waals surface area contributed by atoms with Crippen molar-refractivity contribution in [3.63, 3.8) is 0 Å². The molecule has 1 amide bonds. The molecular weight excluding hydrogens is 638 g/mol. The monoisotopic (exact) mass is 673 g/mol. The fourth-order valence-electron chi connectivity index (χ4n) is 6.91. The zero-order valence-electron chi connectivity index (χ0n) is 27.2. The van der Waals surface area contributed by atoms with E-state index in [0.29, 0.717) is 33.8 Å². The van der Waals surface area contributed by atoms with Crippen LogP contribution in [0.1, 0.15) is 33.3 Å². The van der Waals surface area contributed by atoms with Crippen molar-refractivity contribution in [2.75, 3.05) is 19.5 Å². The highest BCUT2D eigenvalue weighted by atomic mass is 16.6. The van der Waals surface area contributed by atoms with Gasteiger partial charge in [0.05, 0.1) is 26.0 Å². The highest BCUT2D eigenvalue weighted by Crippen LogP contribution is 2.51. The molecule has 12 heteroatoms. The second-order valence-electron chi connectivity index (χ2n) is 11.9. The number of carbonyl (C=O) groups excluding carboxylic acids is 1. The summed E-state index contributed by atoms with van der Waals surface area (Å²) in [6.45, 7) is 0. The third-order valence-electron chi connectivity index (χ3n) is 9.22. The number of aromatic nitrogens is 4. The summed E-state index contributed by atoms with van der Waals surface area (Å²) in [5, 5.41) is 38.8. The topological polar surface area (TPSA) is 161 Å². The molecule has 1 unspecified atom stereocenters. The van der Waals surface area contributed by atoms with E-state index in [0.717, 1.165) is 0 Å². The number of rotatable bonds is 10. The molecule has 2 aromatic heterocycles. The molecule has 4 N–H and O–H groups in total. The van der Waals surface area contributed by atoms with Gasteiger partial charge < -0.3 is 34.8 Å². The van der Waals surface area contributed by atoms with E-state index in [1.54, 1.807) is 50.6 Å². The summed E-state index contributed by atoms with van der Waals surface area (Å²) < 4.78 is 19.6. The van der Waals surface area contributed by atoms with Crippen LogP contribution >= 0.6 is 0 Å². The molecule has 12 nitrogen and oxygen atoms in total. The molecule has 1 aliphatic rings. The van der Waals surface area contributed by atoms with Crippen LogP contribution in [0, 0.1) is 0 Å². The molecule has 50 heavy (non-hydrogen) atoms. The van der Waals surface area contributed by atoms with Crippen LogP contribution in [0.4, 0.5) is 5.82 Å². The van der Waals surface area contributed by atoms with E-state index in [-0.39, 0.29) is 22.9 Å². The Balaban J connectivity index is 1.33. The summed E-state index contributed by atoms with van der Waals surface area (Å²) in [6.07, 6.45) is -4.57. The van der Waals surface area contributed by atoms with Crippen LogP contribution in [0.15, 0.2) is 122 Å². The normalized spacial score (nSPS) is 19.6. The average molecular weight is 674 g/mol. The largest absolute Gasteiger partial charge is 0.496 e. The van der Waals surface area contributed by atoms with Gasteiger partial charge in [0.15, 0.2) is 23.2 Å². The van der Waals surface area contributed by atoms with Crippen LogP contribution < -0.4 is 14.8 Å². The lowest BCUT2D eigenvalue weighted by Crippen LogP contribution is -2.52. The molecule has 1 aliphatic heterocycles. The van der Waals surface area contributed by atoms with Crippen molar-refractivity contribution >= 4 is 22.9 Å². The minimum atomic E-state index is -1.57. The highest BCUT2D eigenvalue weighted by molar-refractivity contribution is 6.06. The minimum Gasteiger partial charge on any atom is -0.496 e. The lowest BCUT2D eigenvalue weighted by Gasteiger charge is -2.43. The minimum absolute atomic E-state index is 0.155. The molecule has 254 valence electrons. The Labute approximate surface area is 287 Å². The number of fused-ring (bicyclic) bond motifs is 1. The fourth-order valence-corrected chi connectivity index (χ4v) is 6.91. The van der Waals surface area contributed by atoms with Crippen molar-refractivity contribution in [2.24, 2.45) is 0 Å². The standard InChI is InChI=1S/C38H35N5O7/c1-48-27-19-11-9-17-25(27)38(24-15-7-4-8-16-24,26-18-10-12-20-28(26)49-2)33(46)32-30(44)31(45)37(50-32)43-22-41-29-34(39-21-40-35(29)43)42-36(47)23-13-5-3-6-14-23/h3-22,30-33,37,44-46H,1-2H3,(H,39,40,42,47)/t30-,31+,32-,33?,37+/m0/s1. The Kier molecular flexibility index (Phi) is 9.00. The number of methoxy groups -OCH3 is 2. The summed E-state index contributed by atoms with van der Waals surface area (Å²) >= 11 is 0. The van der Waals surface area contributed by atoms with Crippen molar-refractivity contribution < 1.29 is 34.3 Å². The van der Waals surface area contributed by atoms with E-state index in [4.69, 9.17) is 14.2 Å². The first-order valence-electron chi connectivity index (χ1n) is 16.0. The van der Waals surface area contributed by atoms with Crippen molar-refractivity contribution in [1.29, 1.82) is 0 Å². The van der Waals surface area contributed by atoms with Crippen LogP contribution in [-0.2, 0) is 10.2 Å². The van der Waals surface area contributed by atoms with Crippen molar-refractivity contribution in [1.82, 2.24) is 19.5 Å². The predicted molar refractivity (Wildman–Crippen MR) is 184 cm³/mol. The maximum atomic E-state index is 12.9. The van der Waals surface area contributed by atoms with Crippen LogP contribution in [-0.4, -0.2) is 79.4 Å². The van der Waals surface area contributed by atoms with Crippen LogP contribution in [0.25, 0.3) is 11.2 Å². The first kappa shape index (κ1) is 32.9. The number of amides is 1. The van der Waals surface area contributed by atoms with E-state index >= 15 is 0 Å². The van der Waals surface area contributed by atoms with Gasteiger partial charge in [-0.05, 0) is 29.8 Å². The van der Waals surface area contributed by atoms with Gasteiger partial charge in [-0.1, -0.05) is 84.9 Å². The molecule has 0 bridgehead atoms. The number of hydrogen-bond donors (Lipinski definition) is 4. The quantitative estimate of drug-likeness (QED) is 0.156. The molecule has 6 aromatic rings. The second-order valence-corrected chi connectivity index (χ2v) is 11.9. The van der Waals surface area contributed by atoms with Crippen LogP contribution in [0.2, 0.25) is 0 Å². The van der Waals surface area contributed by atoms with E-state index < -0.39 is 36.1 Å². The van der Waals surface area contributed by atoms with E-state index in [2.05, 4.69) is 20.3 Å². The first-order valence-corrected chi connectivity index (χ1v) is 16.0. The summed E-state index contributed by atoms with van der Waals surface area (Å²) in [7, 11) is 3.10. The summed E-state index contributed by atoms with van der Waals surface area (Å²) in [5.41, 5.74) is 1.29. The lowest BCUT2D eigenvalue weighted by atomic mass is 9.63. The molecular formula is C38H35N5O7. The number of aliphatic hydroxyl groups is 3. The fraction of sp³-hybridized carbons (Fsp3) is 0.211. The smallest absolute Gasteiger partial charge is 0.256 e. The number of aliphatic hydroxyl groups excluding tert-OH is 3. The van der Waals surface area contributed by atoms with Gasteiger partial charge in [0.25, 0.3) is 5.91 Å². The third-order valence-corrected chi connectivity index (χ3v) is 9.22. The average Bonchev–Trinajstić information content (AvgIpc) is 3.73. The van der Waals surface area contributed by atoms with E-state index in [9.17, 15) is 20.1 Å². The van der Waals surface area contributed by atoms with Gasteiger partial charge >= 0.3 is 0 Å². The number of hydrogen-bond acceptors (Lipinski definition) is 10. The van der Waals surface area contributed by atoms with Gasteiger partial charge in [-0.3, -0.25) is 9.36 Å². The molecule has 5 atom stereocenters. The molecule has 3 heterocycles. The van der Waals surface area contributed by atoms with Gasteiger partial charge in [0, 0.05) is 16.7 Å². The molecule has 0 spiro atoms. The van der Waals surface area contributed by atoms with Crippen molar-refractivity contribution in [3.05, 3.63) is 144 Å². The zero-order valence-corrected chi connectivity index (χ0v) is 27.2. The van der Waals surface area contributed by atoms with Crippen molar-refractivity contribution in [3.8, 4) is 11.5 Å². The third kappa shape index (κ3) is 5.44. The zero-order chi connectivity index (χ0) is 34.8.